The molecular formula is C23H26N2O6S. The number of hydrogen-bond acceptors (Lipinski definition) is 8. The summed E-state index contributed by atoms with van der Waals surface area (Å²) in [7, 11) is -1.61. The Labute approximate surface area is 188 Å². The highest BCUT2D eigenvalue weighted by Crippen LogP contribution is 2.38. The monoisotopic (exact) mass is 458 g/mol. The van der Waals surface area contributed by atoms with Gasteiger partial charge in [0.1, 0.15) is 5.75 Å². The van der Waals surface area contributed by atoms with E-state index in [1.54, 1.807) is 18.3 Å². The zero-order valence-electron chi connectivity index (χ0n) is 18.2. The van der Waals surface area contributed by atoms with E-state index in [0.29, 0.717) is 6.54 Å². The molecule has 0 radical (unpaired) electrons. The fourth-order valence-corrected chi connectivity index (χ4v) is 4.73. The summed E-state index contributed by atoms with van der Waals surface area (Å²) >= 11 is 0. The van der Waals surface area contributed by atoms with Crippen LogP contribution in [0.5, 0.6) is 5.75 Å². The predicted molar refractivity (Wildman–Crippen MR) is 118 cm³/mol. The number of rotatable bonds is 5. The molecule has 8 nitrogen and oxygen atoms in total. The molecule has 0 amide bonds. The van der Waals surface area contributed by atoms with E-state index in [2.05, 4.69) is 15.1 Å². The highest BCUT2D eigenvalue weighted by molar-refractivity contribution is 7.82. The number of benzene rings is 1. The third-order valence-electron chi connectivity index (χ3n) is 5.93. The van der Waals surface area contributed by atoms with Crippen molar-refractivity contribution in [2.24, 2.45) is 0 Å². The SMILES string of the molecule is COC(=O)CN1CCC(=C2c3ccc(OS(=O)(=O)OC)cc3CCc3cccnc32)CC1. The molecule has 0 bridgehead atoms. The normalized spacial score (nSPS) is 16.7. The Morgan fingerprint density at radius 2 is 1.81 bits per heavy atom. The van der Waals surface area contributed by atoms with E-state index in [1.165, 1.54) is 12.7 Å². The molecular weight excluding hydrogens is 432 g/mol. The first-order valence-electron chi connectivity index (χ1n) is 10.5. The molecule has 1 saturated heterocycles. The summed E-state index contributed by atoms with van der Waals surface area (Å²) in [5.74, 6) is -0.00627. The van der Waals surface area contributed by atoms with Crippen LogP contribution in [0.15, 0.2) is 42.1 Å². The van der Waals surface area contributed by atoms with Gasteiger partial charge in [-0.3, -0.25) is 14.7 Å². The number of fused-ring (bicyclic) bond motifs is 2. The quantitative estimate of drug-likeness (QED) is 0.631. The van der Waals surface area contributed by atoms with E-state index < -0.39 is 10.4 Å². The molecule has 0 saturated carbocycles. The zero-order valence-corrected chi connectivity index (χ0v) is 19.0. The number of likely N-dealkylation sites (tertiary alicyclic amines) is 1. The summed E-state index contributed by atoms with van der Waals surface area (Å²) in [6.45, 7) is 1.82. The van der Waals surface area contributed by atoms with Crippen LogP contribution in [0, 0.1) is 0 Å². The lowest BCUT2D eigenvalue weighted by molar-refractivity contribution is -0.142. The summed E-state index contributed by atoms with van der Waals surface area (Å²) in [5.41, 5.74) is 6.57. The van der Waals surface area contributed by atoms with Crippen molar-refractivity contribution in [2.45, 2.75) is 25.7 Å². The minimum absolute atomic E-state index is 0.224. The lowest BCUT2D eigenvalue weighted by Crippen LogP contribution is -2.35. The Bertz CT molecular complexity index is 1150. The molecule has 4 rings (SSSR count). The van der Waals surface area contributed by atoms with E-state index in [9.17, 15) is 13.2 Å². The van der Waals surface area contributed by atoms with Gasteiger partial charge in [0.15, 0.2) is 0 Å². The Balaban J connectivity index is 1.72. The summed E-state index contributed by atoms with van der Waals surface area (Å²) in [4.78, 5) is 18.5. The minimum Gasteiger partial charge on any atom is -0.468 e. The van der Waals surface area contributed by atoms with Crippen molar-refractivity contribution in [1.82, 2.24) is 9.88 Å². The standard InChI is InChI=1S/C23H26N2O6S/c1-29-21(26)15-25-12-9-16(10-13-25)22-20-8-7-19(31-32(27,28)30-2)14-18(20)6-5-17-4-3-11-24-23(17)22/h3-4,7-8,11,14H,5-6,9-10,12-13,15H2,1-2H3. The van der Waals surface area contributed by atoms with Gasteiger partial charge in [0, 0.05) is 24.9 Å². The van der Waals surface area contributed by atoms with Gasteiger partial charge in [-0.25, -0.2) is 4.18 Å². The lowest BCUT2D eigenvalue weighted by Gasteiger charge is -2.29. The van der Waals surface area contributed by atoms with Crippen molar-refractivity contribution in [2.75, 3.05) is 33.9 Å². The van der Waals surface area contributed by atoms with Crippen LogP contribution < -0.4 is 4.18 Å². The number of nitrogens with zero attached hydrogens (tertiary/aromatic N) is 2. The average molecular weight is 459 g/mol. The second-order valence-corrected chi connectivity index (χ2v) is 9.14. The van der Waals surface area contributed by atoms with Gasteiger partial charge in [-0.05, 0) is 60.6 Å². The Hall–Kier alpha value is -2.75. The third-order valence-corrected chi connectivity index (χ3v) is 6.74. The van der Waals surface area contributed by atoms with Gasteiger partial charge in [-0.1, -0.05) is 17.7 Å². The minimum atomic E-state index is -4.08. The molecule has 0 spiro atoms. The van der Waals surface area contributed by atoms with Crippen LogP contribution in [0.25, 0.3) is 5.57 Å². The number of aryl methyl sites for hydroxylation is 2. The van der Waals surface area contributed by atoms with Crippen molar-refractivity contribution >= 4 is 21.9 Å². The highest BCUT2D eigenvalue weighted by Gasteiger charge is 2.26. The number of ether oxygens (including phenoxy) is 1. The van der Waals surface area contributed by atoms with E-state index in [0.717, 1.165) is 73.8 Å². The van der Waals surface area contributed by atoms with Crippen LogP contribution in [-0.4, -0.2) is 58.1 Å². The molecule has 0 atom stereocenters. The molecule has 0 N–H and O–H groups in total. The second kappa shape index (κ2) is 9.40. The van der Waals surface area contributed by atoms with E-state index in [1.807, 2.05) is 12.1 Å². The van der Waals surface area contributed by atoms with Gasteiger partial charge < -0.3 is 8.92 Å². The van der Waals surface area contributed by atoms with Crippen LogP contribution >= 0.6 is 0 Å². The summed E-state index contributed by atoms with van der Waals surface area (Å²) in [6.07, 6.45) is 4.97. The number of aromatic nitrogens is 1. The lowest BCUT2D eigenvalue weighted by atomic mass is 9.88. The maximum Gasteiger partial charge on any atom is 0.448 e. The van der Waals surface area contributed by atoms with Crippen molar-refractivity contribution in [1.29, 1.82) is 0 Å². The van der Waals surface area contributed by atoms with Crippen LogP contribution in [0.4, 0.5) is 0 Å². The molecule has 32 heavy (non-hydrogen) atoms. The van der Waals surface area contributed by atoms with Crippen molar-refractivity contribution in [3.63, 3.8) is 0 Å². The Morgan fingerprint density at radius 3 is 2.53 bits per heavy atom. The highest BCUT2D eigenvalue weighted by atomic mass is 32.3. The molecule has 1 aliphatic carbocycles. The van der Waals surface area contributed by atoms with Gasteiger partial charge in [-0.2, -0.15) is 8.42 Å². The number of methoxy groups -OCH3 is 1. The molecule has 2 aliphatic rings. The van der Waals surface area contributed by atoms with Gasteiger partial charge in [0.25, 0.3) is 0 Å². The Morgan fingerprint density at radius 1 is 1.06 bits per heavy atom. The number of carbonyl (C=O) groups excluding carboxylic acids is 1. The van der Waals surface area contributed by atoms with Crippen LogP contribution in [0.3, 0.4) is 0 Å². The first-order chi connectivity index (χ1) is 15.4. The van der Waals surface area contributed by atoms with E-state index in [4.69, 9.17) is 13.9 Å². The third kappa shape index (κ3) is 4.85. The maximum absolute atomic E-state index is 11.7. The maximum atomic E-state index is 11.7. The number of hydrogen-bond donors (Lipinski definition) is 0. The smallest absolute Gasteiger partial charge is 0.448 e. The van der Waals surface area contributed by atoms with E-state index >= 15 is 0 Å². The first-order valence-corrected chi connectivity index (χ1v) is 11.8. The van der Waals surface area contributed by atoms with E-state index in [-0.39, 0.29) is 11.7 Å². The van der Waals surface area contributed by atoms with Crippen LogP contribution in [0.1, 0.15) is 35.2 Å². The molecule has 1 aliphatic heterocycles. The zero-order chi connectivity index (χ0) is 22.7. The molecule has 1 aromatic carbocycles. The molecule has 2 heterocycles. The fraction of sp³-hybridized carbons (Fsp3) is 0.391. The summed E-state index contributed by atoms with van der Waals surface area (Å²) in [6, 6.07) is 9.35. The van der Waals surface area contributed by atoms with Crippen molar-refractivity contribution < 1.29 is 26.3 Å². The number of carbonyl (C=O) groups is 1. The van der Waals surface area contributed by atoms with Gasteiger partial charge in [-0.15, -0.1) is 0 Å². The number of piperidine rings is 1. The molecule has 1 aromatic heterocycles. The predicted octanol–water partition coefficient (Wildman–Crippen LogP) is 2.52. The average Bonchev–Trinajstić information content (AvgIpc) is 2.96. The molecule has 9 heteroatoms. The number of pyridine rings is 1. The summed E-state index contributed by atoms with van der Waals surface area (Å²) < 4.78 is 37.7. The van der Waals surface area contributed by atoms with Gasteiger partial charge in [0.05, 0.1) is 26.5 Å². The summed E-state index contributed by atoms with van der Waals surface area (Å²) in [5, 5.41) is 0. The molecule has 0 unspecified atom stereocenters. The molecule has 2 aromatic rings. The molecule has 1 fully saturated rings. The molecule has 170 valence electrons. The van der Waals surface area contributed by atoms with Gasteiger partial charge in [0.2, 0.25) is 0 Å². The first kappa shape index (κ1) is 22.4. The van der Waals surface area contributed by atoms with Gasteiger partial charge >= 0.3 is 16.4 Å². The number of esters is 1. The topological polar surface area (TPSA) is 95.0 Å². The fourth-order valence-electron chi connectivity index (χ4n) is 4.32. The van der Waals surface area contributed by atoms with Crippen LogP contribution in [-0.2, 0) is 37.0 Å². The largest absolute Gasteiger partial charge is 0.468 e. The van der Waals surface area contributed by atoms with Crippen molar-refractivity contribution in [3.05, 3.63) is 64.5 Å². The second-order valence-electron chi connectivity index (χ2n) is 7.82. The Kier molecular flexibility index (Phi) is 6.59. The van der Waals surface area contributed by atoms with Crippen molar-refractivity contribution in [3.8, 4) is 5.75 Å². The van der Waals surface area contributed by atoms with Crippen LogP contribution in [0.2, 0.25) is 0 Å².